The van der Waals surface area contributed by atoms with Crippen molar-refractivity contribution in [2.24, 2.45) is 10.8 Å². The number of aliphatic imine (C=N–C) groups is 1. The van der Waals surface area contributed by atoms with Crippen molar-refractivity contribution in [2.45, 2.75) is 45.8 Å². The van der Waals surface area contributed by atoms with Crippen LogP contribution in [0.4, 0.5) is 0 Å². The summed E-state index contributed by atoms with van der Waals surface area (Å²) in [5.74, 6) is 6.34. The van der Waals surface area contributed by atoms with Gasteiger partial charge in [-0.05, 0) is 19.8 Å². The molecule has 0 radical (unpaired) electrons. The molecule has 94 valence electrons. The first-order valence-corrected chi connectivity index (χ1v) is 6.12. The second-order valence-corrected chi connectivity index (χ2v) is 4.21. The second kappa shape index (κ2) is 6.70. The van der Waals surface area contributed by atoms with Gasteiger partial charge in [0.2, 0.25) is 5.96 Å². The van der Waals surface area contributed by atoms with E-state index in [-0.39, 0.29) is 6.10 Å². The average Bonchev–Trinajstić information content (AvgIpc) is 2.30. The number of hydrogen-bond donors (Lipinski definition) is 2. The Labute approximate surface area is 98.0 Å². The van der Waals surface area contributed by atoms with Gasteiger partial charge < -0.3 is 9.64 Å². The van der Waals surface area contributed by atoms with Crippen LogP contribution in [0.2, 0.25) is 0 Å². The lowest BCUT2D eigenvalue weighted by molar-refractivity contribution is -0.0297. The molecule has 1 heterocycles. The highest BCUT2D eigenvalue weighted by Gasteiger charge is 2.27. The Kier molecular flexibility index (Phi) is 5.55. The molecule has 1 fully saturated rings. The summed E-state index contributed by atoms with van der Waals surface area (Å²) in [6, 6.07) is 0.378. The molecule has 3 N–H and O–H groups in total. The molecule has 1 aliphatic rings. The number of ether oxygens (including phenoxy) is 1. The normalized spacial score (nSPS) is 27.0. The lowest BCUT2D eigenvalue weighted by Gasteiger charge is -2.39. The van der Waals surface area contributed by atoms with Crippen molar-refractivity contribution in [1.82, 2.24) is 10.3 Å². The topological polar surface area (TPSA) is 62.9 Å². The van der Waals surface area contributed by atoms with Crippen LogP contribution in [-0.4, -0.2) is 42.7 Å². The number of rotatable bonds is 3. The first-order chi connectivity index (χ1) is 7.72. The van der Waals surface area contributed by atoms with E-state index in [1.807, 2.05) is 0 Å². The van der Waals surface area contributed by atoms with Crippen molar-refractivity contribution in [3.63, 3.8) is 0 Å². The predicted molar refractivity (Wildman–Crippen MR) is 66.1 cm³/mol. The zero-order valence-corrected chi connectivity index (χ0v) is 10.6. The first-order valence-electron chi connectivity index (χ1n) is 6.12. The van der Waals surface area contributed by atoms with E-state index >= 15 is 0 Å². The highest BCUT2D eigenvalue weighted by Crippen LogP contribution is 2.14. The maximum Gasteiger partial charge on any atom is 0.208 e. The number of nitrogens with two attached hydrogens (primary N) is 1. The number of hydrogen-bond acceptors (Lipinski definition) is 3. The molecule has 5 heteroatoms. The van der Waals surface area contributed by atoms with Gasteiger partial charge in [0.1, 0.15) is 0 Å². The third-order valence-corrected chi connectivity index (χ3v) is 2.83. The molecule has 0 aromatic rings. The van der Waals surface area contributed by atoms with Crippen LogP contribution in [0.15, 0.2) is 4.99 Å². The highest BCUT2D eigenvalue weighted by molar-refractivity contribution is 5.79. The fourth-order valence-electron chi connectivity index (χ4n) is 1.88. The molecule has 1 saturated heterocycles. The number of nitrogens with zero attached hydrogens (tertiary/aromatic N) is 2. The van der Waals surface area contributed by atoms with Gasteiger partial charge in [0, 0.05) is 13.1 Å². The Hall–Kier alpha value is -0.810. The summed E-state index contributed by atoms with van der Waals surface area (Å²) >= 11 is 0. The zero-order chi connectivity index (χ0) is 12.0. The molecule has 1 aliphatic heterocycles. The number of guanidine groups is 1. The van der Waals surface area contributed by atoms with E-state index in [1.165, 1.54) is 0 Å². The summed E-state index contributed by atoms with van der Waals surface area (Å²) < 4.78 is 5.65. The summed E-state index contributed by atoms with van der Waals surface area (Å²) in [5.41, 5.74) is 2.71. The average molecular weight is 228 g/mol. The van der Waals surface area contributed by atoms with Crippen LogP contribution in [0, 0.1) is 0 Å². The summed E-state index contributed by atoms with van der Waals surface area (Å²) in [5, 5.41) is 0. The predicted octanol–water partition coefficient (Wildman–Crippen LogP) is 0.715. The minimum atomic E-state index is 0.239. The Bertz CT molecular complexity index is 232. The van der Waals surface area contributed by atoms with Crippen molar-refractivity contribution in [2.75, 3.05) is 19.7 Å². The van der Waals surface area contributed by atoms with E-state index in [4.69, 9.17) is 10.6 Å². The Morgan fingerprint density at radius 1 is 1.56 bits per heavy atom. The third kappa shape index (κ3) is 3.35. The fourth-order valence-corrected chi connectivity index (χ4v) is 1.88. The van der Waals surface area contributed by atoms with Crippen molar-refractivity contribution >= 4 is 5.96 Å². The van der Waals surface area contributed by atoms with Crippen LogP contribution in [0.25, 0.3) is 0 Å². The molecule has 16 heavy (non-hydrogen) atoms. The molecule has 0 aromatic carbocycles. The maximum absolute atomic E-state index is 5.65. The summed E-state index contributed by atoms with van der Waals surface area (Å²) in [7, 11) is 0. The van der Waals surface area contributed by atoms with E-state index in [0.29, 0.717) is 6.04 Å². The molecule has 0 aromatic heterocycles. The Morgan fingerprint density at radius 3 is 2.88 bits per heavy atom. The van der Waals surface area contributed by atoms with Crippen molar-refractivity contribution < 1.29 is 4.74 Å². The lowest BCUT2D eigenvalue weighted by atomic mass is 10.1. The standard InChI is InChI=1S/C11H24N4O/c1-4-6-13-11(14-12)15-7-9(3)16-8-10(15)5-2/h9-10H,4-8,12H2,1-3H3,(H,13,14). The molecule has 2 atom stereocenters. The van der Waals surface area contributed by atoms with Crippen LogP contribution in [-0.2, 0) is 4.74 Å². The van der Waals surface area contributed by atoms with Gasteiger partial charge in [-0.25, -0.2) is 5.84 Å². The largest absolute Gasteiger partial charge is 0.375 e. The van der Waals surface area contributed by atoms with Crippen molar-refractivity contribution in [1.29, 1.82) is 0 Å². The molecule has 0 amide bonds. The second-order valence-electron chi connectivity index (χ2n) is 4.21. The molecule has 0 saturated carbocycles. The van der Waals surface area contributed by atoms with Gasteiger partial charge in [-0.2, -0.15) is 0 Å². The Balaban J connectivity index is 2.70. The van der Waals surface area contributed by atoms with Crippen LogP contribution in [0.1, 0.15) is 33.6 Å². The van der Waals surface area contributed by atoms with Gasteiger partial charge in [0.05, 0.1) is 18.8 Å². The Morgan fingerprint density at radius 2 is 2.31 bits per heavy atom. The van der Waals surface area contributed by atoms with Gasteiger partial charge >= 0.3 is 0 Å². The van der Waals surface area contributed by atoms with Gasteiger partial charge in [0.25, 0.3) is 0 Å². The quantitative estimate of drug-likeness (QED) is 0.323. The van der Waals surface area contributed by atoms with Crippen LogP contribution in [0.5, 0.6) is 0 Å². The monoisotopic (exact) mass is 228 g/mol. The van der Waals surface area contributed by atoms with Gasteiger partial charge in [-0.3, -0.25) is 10.4 Å². The van der Waals surface area contributed by atoms with E-state index < -0.39 is 0 Å². The third-order valence-electron chi connectivity index (χ3n) is 2.83. The number of nitrogens with one attached hydrogen (secondary N) is 1. The molecule has 0 aliphatic carbocycles. The molecule has 5 nitrogen and oxygen atoms in total. The van der Waals surface area contributed by atoms with E-state index in [1.54, 1.807) is 0 Å². The maximum atomic E-state index is 5.65. The van der Waals surface area contributed by atoms with Crippen molar-refractivity contribution in [3.05, 3.63) is 0 Å². The summed E-state index contributed by atoms with van der Waals surface area (Å²) in [6.07, 6.45) is 2.31. The molecule has 0 spiro atoms. The minimum Gasteiger partial charge on any atom is -0.375 e. The van der Waals surface area contributed by atoms with Gasteiger partial charge in [-0.15, -0.1) is 0 Å². The van der Waals surface area contributed by atoms with Gasteiger partial charge in [-0.1, -0.05) is 13.8 Å². The zero-order valence-electron chi connectivity index (χ0n) is 10.6. The summed E-state index contributed by atoms with van der Waals surface area (Å²) in [4.78, 5) is 6.69. The highest BCUT2D eigenvalue weighted by atomic mass is 16.5. The van der Waals surface area contributed by atoms with Crippen LogP contribution < -0.4 is 11.3 Å². The SMILES string of the molecule is CCCN=C(NN)N1CC(C)OCC1CC. The molecular formula is C11H24N4O. The molecule has 0 bridgehead atoms. The molecular weight excluding hydrogens is 204 g/mol. The lowest BCUT2D eigenvalue weighted by Crippen LogP contribution is -2.56. The first kappa shape index (κ1) is 13.3. The van der Waals surface area contributed by atoms with Gasteiger partial charge in [0.15, 0.2) is 0 Å². The van der Waals surface area contributed by atoms with E-state index in [9.17, 15) is 0 Å². The molecule has 1 rings (SSSR count). The molecule has 2 unspecified atom stereocenters. The van der Waals surface area contributed by atoms with Crippen LogP contribution >= 0.6 is 0 Å². The smallest absolute Gasteiger partial charge is 0.208 e. The number of hydrazine groups is 1. The minimum absolute atomic E-state index is 0.239. The van der Waals surface area contributed by atoms with Crippen molar-refractivity contribution in [3.8, 4) is 0 Å². The van der Waals surface area contributed by atoms with E-state index in [0.717, 1.165) is 38.5 Å². The summed E-state index contributed by atoms with van der Waals surface area (Å²) in [6.45, 7) is 8.76. The van der Waals surface area contributed by atoms with E-state index in [2.05, 4.69) is 36.1 Å². The fraction of sp³-hybridized carbons (Fsp3) is 0.909. The number of morpholine rings is 1. The van der Waals surface area contributed by atoms with Crippen LogP contribution in [0.3, 0.4) is 0 Å².